The van der Waals surface area contributed by atoms with E-state index in [1.807, 2.05) is 11.8 Å². The van der Waals surface area contributed by atoms with Crippen molar-refractivity contribution in [1.82, 2.24) is 10.2 Å². The molecule has 1 fully saturated rings. The van der Waals surface area contributed by atoms with E-state index in [4.69, 9.17) is 0 Å². The van der Waals surface area contributed by atoms with Crippen LogP contribution in [0.3, 0.4) is 0 Å². The molecule has 1 aliphatic rings. The molecule has 0 bridgehead atoms. The van der Waals surface area contributed by atoms with Crippen molar-refractivity contribution in [2.24, 2.45) is 5.92 Å². The number of nitrogens with zero attached hydrogens (tertiary/aromatic N) is 1. The lowest BCUT2D eigenvalue weighted by Gasteiger charge is -2.36. The number of rotatable bonds is 10. The number of likely N-dealkylation sites (tertiary alicyclic amines) is 1. The molecular formula is C16H34N2S. The van der Waals surface area contributed by atoms with Crippen LogP contribution in [0.1, 0.15) is 52.4 Å². The summed E-state index contributed by atoms with van der Waals surface area (Å²) in [7, 11) is 0. The third-order valence-electron chi connectivity index (χ3n) is 4.28. The molecule has 0 aromatic carbocycles. The van der Waals surface area contributed by atoms with Gasteiger partial charge in [0.25, 0.3) is 0 Å². The second kappa shape index (κ2) is 11.0. The molecule has 0 spiro atoms. The van der Waals surface area contributed by atoms with Gasteiger partial charge in [-0.2, -0.15) is 11.8 Å². The molecule has 2 atom stereocenters. The Bertz CT molecular complexity index is 209. The molecule has 1 saturated heterocycles. The maximum absolute atomic E-state index is 3.76. The maximum atomic E-state index is 3.76. The Morgan fingerprint density at radius 2 is 2.16 bits per heavy atom. The Hall–Kier alpha value is 0.270. The van der Waals surface area contributed by atoms with Crippen molar-refractivity contribution in [3.63, 3.8) is 0 Å². The summed E-state index contributed by atoms with van der Waals surface area (Å²) in [5, 5.41) is 3.76. The number of nitrogens with one attached hydrogen (secondary N) is 1. The number of piperidine rings is 1. The van der Waals surface area contributed by atoms with E-state index in [0.717, 1.165) is 5.92 Å². The molecule has 2 nitrogen and oxygen atoms in total. The van der Waals surface area contributed by atoms with Crippen molar-refractivity contribution in [2.75, 3.05) is 38.2 Å². The van der Waals surface area contributed by atoms with E-state index < -0.39 is 0 Å². The summed E-state index contributed by atoms with van der Waals surface area (Å²) < 4.78 is 0. The lowest BCUT2D eigenvalue weighted by molar-refractivity contribution is 0.151. The molecule has 1 rings (SSSR count). The number of hydrogen-bond donors (Lipinski definition) is 1. The summed E-state index contributed by atoms with van der Waals surface area (Å²) in [6.45, 7) is 9.82. The Morgan fingerprint density at radius 3 is 2.89 bits per heavy atom. The second-order valence-corrected chi connectivity index (χ2v) is 6.98. The summed E-state index contributed by atoms with van der Waals surface area (Å²) in [5.41, 5.74) is 0. The van der Waals surface area contributed by atoms with Crippen molar-refractivity contribution in [2.45, 2.75) is 58.4 Å². The maximum Gasteiger partial charge on any atom is 0.00792 e. The highest BCUT2D eigenvalue weighted by atomic mass is 32.2. The fraction of sp³-hybridized carbons (Fsp3) is 1.00. The van der Waals surface area contributed by atoms with Crippen LogP contribution in [0.25, 0.3) is 0 Å². The molecule has 0 radical (unpaired) electrons. The molecule has 2 unspecified atom stereocenters. The Morgan fingerprint density at radius 1 is 1.32 bits per heavy atom. The molecule has 0 saturated carbocycles. The van der Waals surface area contributed by atoms with Gasteiger partial charge in [0, 0.05) is 12.6 Å². The van der Waals surface area contributed by atoms with Crippen molar-refractivity contribution < 1.29 is 0 Å². The van der Waals surface area contributed by atoms with Crippen LogP contribution in [0.5, 0.6) is 0 Å². The largest absolute Gasteiger partial charge is 0.314 e. The summed E-state index contributed by atoms with van der Waals surface area (Å²) in [6.07, 6.45) is 10.4. The minimum absolute atomic E-state index is 0.695. The zero-order chi connectivity index (χ0) is 13.9. The lowest BCUT2D eigenvalue weighted by atomic mass is 9.91. The van der Waals surface area contributed by atoms with Crippen LogP contribution < -0.4 is 5.32 Å². The van der Waals surface area contributed by atoms with Crippen LogP contribution in [0.4, 0.5) is 0 Å². The first-order valence-electron chi connectivity index (χ1n) is 8.22. The van der Waals surface area contributed by atoms with Crippen LogP contribution in [-0.4, -0.2) is 49.1 Å². The molecule has 114 valence electrons. The first-order chi connectivity index (χ1) is 9.27. The quantitative estimate of drug-likeness (QED) is 0.618. The summed E-state index contributed by atoms with van der Waals surface area (Å²) in [4.78, 5) is 2.66. The van der Waals surface area contributed by atoms with Crippen LogP contribution >= 0.6 is 11.8 Å². The third kappa shape index (κ3) is 7.57. The monoisotopic (exact) mass is 286 g/mol. The lowest BCUT2D eigenvalue weighted by Crippen LogP contribution is -2.44. The van der Waals surface area contributed by atoms with Gasteiger partial charge in [-0.05, 0) is 76.6 Å². The molecule has 3 heteroatoms. The average molecular weight is 287 g/mol. The minimum atomic E-state index is 0.695. The Balaban J connectivity index is 2.09. The van der Waals surface area contributed by atoms with E-state index in [1.165, 1.54) is 70.5 Å². The standard InChI is InChI=1S/C16H34N2S/c1-4-11-18-12-8-9-16(14-18)15(2)17-10-6-5-7-13-19-3/h15-17H,4-14H2,1-3H3. The number of thioether (sulfide) groups is 1. The van der Waals surface area contributed by atoms with Gasteiger partial charge in [-0.15, -0.1) is 0 Å². The smallest absolute Gasteiger partial charge is 0.00792 e. The van der Waals surface area contributed by atoms with Gasteiger partial charge >= 0.3 is 0 Å². The van der Waals surface area contributed by atoms with Gasteiger partial charge in [0.05, 0.1) is 0 Å². The topological polar surface area (TPSA) is 15.3 Å². The predicted molar refractivity (Wildman–Crippen MR) is 89.2 cm³/mol. The highest BCUT2D eigenvalue weighted by Gasteiger charge is 2.23. The zero-order valence-electron chi connectivity index (χ0n) is 13.3. The Labute approximate surface area is 125 Å². The van der Waals surface area contributed by atoms with Gasteiger partial charge < -0.3 is 10.2 Å². The van der Waals surface area contributed by atoms with Gasteiger partial charge in [-0.3, -0.25) is 0 Å². The van der Waals surface area contributed by atoms with Gasteiger partial charge in [-0.25, -0.2) is 0 Å². The first kappa shape index (κ1) is 17.3. The summed E-state index contributed by atoms with van der Waals surface area (Å²) >= 11 is 1.97. The molecule has 1 aliphatic heterocycles. The summed E-state index contributed by atoms with van der Waals surface area (Å²) in [6, 6.07) is 0.695. The van der Waals surface area contributed by atoms with Crippen LogP contribution in [0.2, 0.25) is 0 Å². The molecule has 0 amide bonds. The van der Waals surface area contributed by atoms with E-state index in [2.05, 4.69) is 30.3 Å². The summed E-state index contributed by atoms with van der Waals surface area (Å²) in [5.74, 6) is 2.19. The van der Waals surface area contributed by atoms with E-state index >= 15 is 0 Å². The van der Waals surface area contributed by atoms with Crippen molar-refractivity contribution in [3.05, 3.63) is 0 Å². The van der Waals surface area contributed by atoms with Crippen molar-refractivity contribution >= 4 is 11.8 Å². The third-order valence-corrected chi connectivity index (χ3v) is 4.98. The van der Waals surface area contributed by atoms with E-state index in [-0.39, 0.29) is 0 Å². The van der Waals surface area contributed by atoms with Crippen LogP contribution in [0.15, 0.2) is 0 Å². The fourth-order valence-electron chi connectivity index (χ4n) is 3.06. The molecule has 1 N–H and O–H groups in total. The van der Waals surface area contributed by atoms with Crippen LogP contribution in [0, 0.1) is 5.92 Å². The molecule has 0 aromatic rings. The number of hydrogen-bond acceptors (Lipinski definition) is 3. The Kier molecular flexibility index (Phi) is 10.0. The second-order valence-electron chi connectivity index (χ2n) is 6.00. The SMILES string of the molecule is CCCN1CCCC(C(C)NCCCCCSC)C1. The van der Waals surface area contributed by atoms with Crippen molar-refractivity contribution in [1.29, 1.82) is 0 Å². The average Bonchev–Trinajstić information content (AvgIpc) is 2.43. The van der Waals surface area contributed by atoms with Gasteiger partial charge in [0.15, 0.2) is 0 Å². The predicted octanol–water partition coefficient (Wildman–Crippen LogP) is 3.62. The van der Waals surface area contributed by atoms with Crippen LogP contribution in [-0.2, 0) is 0 Å². The molecular weight excluding hydrogens is 252 g/mol. The highest BCUT2D eigenvalue weighted by Crippen LogP contribution is 2.19. The number of unbranched alkanes of at least 4 members (excludes halogenated alkanes) is 2. The zero-order valence-corrected chi connectivity index (χ0v) is 14.1. The van der Waals surface area contributed by atoms with Crippen molar-refractivity contribution in [3.8, 4) is 0 Å². The first-order valence-corrected chi connectivity index (χ1v) is 9.62. The molecule has 0 aromatic heterocycles. The fourth-order valence-corrected chi connectivity index (χ4v) is 3.56. The molecule has 1 heterocycles. The highest BCUT2D eigenvalue weighted by molar-refractivity contribution is 7.98. The van der Waals surface area contributed by atoms with Gasteiger partial charge in [0.2, 0.25) is 0 Å². The van der Waals surface area contributed by atoms with E-state index in [0.29, 0.717) is 6.04 Å². The van der Waals surface area contributed by atoms with E-state index in [9.17, 15) is 0 Å². The van der Waals surface area contributed by atoms with E-state index in [1.54, 1.807) is 0 Å². The van der Waals surface area contributed by atoms with Gasteiger partial charge in [0.1, 0.15) is 0 Å². The molecule has 0 aliphatic carbocycles. The minimum Gasteiger partial charge on any atom is -0.314 e. The normalized spacial score (nSPS) is 22.6. The van der Waals surface area contributed by atoms with Gasteiger partial charge in [-0.1, -0.05) is 13.3 Å². The molecule has 19 heavy (non-hydrogen) atoms.